The second-order valence-corrected chi connectivity index (χ2v) is 6.67. The van der Waals surface area contributed by atoms with Crippen LogP contribution < -0.4 is 5.32 Å². The maximum Gasteiger partial charge on any atom is 0.416 e. The fourth-order valence-electron chi connectivity index (χ4n) is 2.67. The van der Waals surface area contributed by atoms with E-state index < -0.39 is 17.6 Å². The molecule has 1 N–H and O–H groups in total. The molecule has 0 saturated carbocycles. The topological polar surface area (TPSA) is 70.0 Å². The van der Waals surface area contributed by atoms with Crippen molar-refractivity contribution in [1.82, 2.24) is 0 Å². The van der Waals surface area contributed by atoms with E-state index in [-0.39, 0.29) is 28.3 Å². The molecule has 1 aromatic heterocycles. The van der Waals surface area contributed by atoms with Crippen molar-refractivity contribution < 1.29 is 22.8 Å². The number of anilines is 1. The zero-order chi connectivity index (χ0) is 18.2. The Kier molecular flexibility index (Phi) is 4.35. The molecule has 0 saturated heterocycles. The molecule has 0 unspecified atom stereocenters. The molecular weight excluding hydrogens is 353 g/mol. The van der Waals surface area contributed by atoms with Gasteiger partial charge in [0.15, 0.2) is 0 Å². The van der Waals surface area contributed by atoms with Gasteiger partial charge in [-0.05, 0) is 30.2 Å². The molecule has 4 nitrogen and oxygen atoms in total. The second-order valence-electron chi connectivity index (χ2n) is 5.57. The van der Waals surface area contributed by atoms with Crippen molar-refractivity contribution in [1.29, 1.82) is 5.26 Å². The molecule has 3 rings (SSSR count). The largest absolute Gasteiger partial charge is 0.416 e. The first-order valence-electron chi connectivity index (χ1n) is 7.34. The summed E-state index contributed by atoms with van der Waals surface area (Å²) in [7, 11) is 0. The second kappa shape index (κ2) is 6.33. The van der Waals surface area contributed by atoms with Crippen molar-refractivity contribution in [3.8, 4) is 6.07 Å². The summed E-state index contributed by atoms with van der Waals surface area (Å²) in [6.07, 6.45) is -3.54. The lowest BCUT2D eigenvalue weighted by atomic mass is 9.95. The smallest absolute Gasteiger partial charge is 0.312 e. The van der Waals surface area contributed by atoms with E-state index in [0.29, 0.717) is 12.8 Å². The van der Waals surface area contributed by atoms with Crippen LogP contribution in [0.25, 0.3) is 0 Å². The van der Waals surface area contributed by atoms with E-state index >= 15 is 0 Å². The van der Waals surface area contributed by atoms with Crippen LogP contribution in [0.2, 0.25) is 0 Å². The summed E-state index contributed by atoms with van der Waals surface area (Å²) < 4.78 is 38.3. The van der Waals surface area contributed by atoms with Crippen molar-refractivity contribution in [2.24, 2.45) is 0 Å². The number of hydrogen-bond donors (Lipinski definition) is 1. The van der Waals surface area contributed by atoms with Gasteiger partial charge >= 0.3 is 6.18 Å². The van der Waals surface area contributed by atoms with E-state index in [4.69, 9.17) is 0 Å². The highest BCUT2D eigenvalue weighted by Gasteiger charge is 2.31. The number of thiophene rings is 1. The number of hydrogen-bond acceptors (Lipinski definition) is 4. The predicted molar refractivity (Wildman–Crippen MR) is 85.5 cm³/mol. The molecule has 0 bridgehead atoms. The third-order valence-electron chi connectivity index (χ3n) is 3.89. The van der Waals surface area contributed by atoms with Crippen LogP contribution in [0.3, 0.4) is 0 Å². The maximum atomic E-state index is 12.8. The van der Waals surface area contributed by atoms with Crippen LogP contribution in [0.4, 0.5) is 18.2 Å². The molecule has 1 aromatic carbocycles. The number of rotatable bonds is 2. The molecule has 1 amide bonds. The average molecular weight is 364 g/mol. The van der Waals surface area contributed by atoms with Crippen LogP contribution in [0.1, 0.15) is 38.3 Å². The van der Waals surface area contributed by atoms with E-state index in [1.54, 1.807) is 0 Å². The third-order valence-corrected chi connectivity index (χ3v) is 5.04. The minimum absolute atomic E-state index is 0.0639. The van der Waals surface area contributed by atoms with Gasteiger partial charge in [0.05, 0.1) is 11.1 Å². The number of fused-ring (bicyclic) bond motifs is 1. The molecule has 1 heterocycles. The van der Waals surface area contributed by atoms with Gasteiger partial charge in [0.2, 0.25) is 0 Å². The molecule has 1 aliphatic rings. The number of nitrogens with zero attached hydrogens (tertiary/aromatic N) is 1. The van der Waals surface area contributed by atoms with Gasteiger partial charge in [-0.25, -0.2) is 0 Å². The van der Waals surface area contributed by atoms with Crippen LogP contribution in [-0.4, -0.2) is 11.7 Å². The van der Waals surface area contributed by atoms with Gasteiger partial charge in [0.1, 0.15) is 16.9 Å². The predicted octanol–water partition coefficient (Wildman–Crippen LogP) is 3.95. The summed E-state index contributed by atoms with van der Waals surface area (Å²) in [4.78, 5) is 24.6. The van der Waals surface area contributed by atoms with Crippen LogP contribution in [0, 0.1) is 11.3 Å². The van der Waals surface area contributed by atoms with Crippen LogP contribution in [-0.2, 0) is 23.8 Å². The summed E-state index contributed by atoms with van der Waals surface area (Å²) in [5.41, 5.74) is -0.0443. The van der Waals surface area contributed by atoms with Crippen LogP contribution in [0.5, 0.6) is 0 Å². The van der Waals surface area contributed by atoms with Gasteiger partial charge in [-0.2, -0.15) is 18.4 Å². The van der Waals surface area contributed by atoms with Crippen molar-refractivity contribution in [2.75, 3.05) is 5.32 Å². The molecule has 0 radical (unpaired) electrons. The molecule has 8 heteroatoms. The summed E-state index contributed by atoms with van der Waals surface area (Å²) in [6.45, 7) is 0. The van der Waals surface area contributed by atoms with Gasteiger partial charge in [0.25, 0.3) is 5.91 Å². The summed E-state index contributed by atoms with van der Waals surface area (Å²) in [6, 6.07) is 6.08. The molecule has 2 aromatic rings. The normalized spacial score (nSPS) is 13.9. The Labute approximate surface area is 144 Å². The lowest BCUT2D eigenvalue weighted by Gasteiger charge is -2.09. The zero-order valence-electron chi connectivity index (χ0n) is 12.7. The number of carbonyl (C=O) groups excluding carboxylic acids is 2. The number of Topliss-reactive ketones (excluding diaryl/α,β-unsaturated/α-hetero) is 1. The number of alkyl halides is 3. The number of amides is 1. The molecule has 0 spiro atoms. The Morgan fingerprint density at radius 3 is 2.72 bits per heavy atom. The molecular formula is C17H11F3N2O2S. The third kappa shape index (κ3) is 3.42. The van der Waals surface area contributed by atoms with Crippen molar-refractivity contribution >= 4 is 28.0 Å². The van der Waals surface area contributed by atoms with Crippen molar-refractivity contribution in [3.05, 3.63) is 51.4 Å². The van der Waals surface area contributed by atoms with Crippen molar-refractivity contribution in [2.45, 2.75) is 25.4 Å². The van der Waals surface area contributed by atoms with Gasteiger partial charge in [-0.3, -0.25) is 9.59 Å². The highest BCUT2D eigenvalue weighted by atomic mass is 32.1. The summed E-state index contributed by atoms with van der Waals surface area (Å²) in [5, 5.41) is 12.1. The zero-order valence-corrected chi connectivity index (χ0v) is 13.6. The minimum atomic E-state index is -4.55. The molecule has 0 aliphatic heterocycles. The lowest BCUT2D eigenvalue weighted by molar-refractivity contribution is -0.137. The Hall–Kier alpha value is -2.66. The fourth-order valence-corrected chi connectivity index (χ4v) is 3.89. The van der Waals surface area contributed by atoms with E-state index in [2.05, 4.69) is 5.32 Å². The lowest BCUT2D eigenvalue weighted by Crippen LogP contribution is -2.14. The van der Waals surface area contributed by atoms with Crippen LogP contribution in [0.15, 0.2) is 24.3 Å². The number of ketones is 1. The fraction of sp³-hybridized carbons (Fsp3) is 0.235. The van der Waals surface area contributed by atoms with Gasteiger partial charge in [0, 0.05) is 23.3 Å². The average Bonchev–Trinajstić information content (AvgIpc) is 2.90. The Morgan fingerprint density at radius 2 is 2.04 bits per heavy atom. The van der Waals surface area contributed by atoms with E-state index in [1.807, 2.05) is 6.07 Å². The molecule has 1 aliphatic carbocycles. The van der Waals surface area contributed by atoms with E-state index in [0.717, 1.165) is 40.0 Å². The molecule has 0 atom stereocenters. The standard InChI is InChI=1S/C17H11F3N2O2S/c18-17(19,20)10-3-1-2-9(6-10)15(24)22-16-13(8-21)12-5-4-11(23)7-14(12)25-16/h1-3,6H,4-5,7H2,(H,22,24). The number of benzene rings is 1. The Balaban J connectivity index is 1.90. The van der Waals surface area contributed by atoms with Gasteiger partial charge in [-0.15, -0.1) is 11.3 Å². The molecule has 25 heavy (non-hydrogen) atoms. The van der Waals surface area contributed by atoms with Gasteiger partial charge in [-0.1, -0.05) is 6.07 Å². The number of halogens is 3. The number of nitrogens with one attached hydrogen (secondary N) is 1. The summed E-state index contributed by atoms with van der Waals surface area (Å²) >= 11 is 1.13. The quantitative estimate of drug-likeness (QED) is 0.877. The summed E-state index contributed by atoms with van der Waals surface area (Å²) in [5.74, 6) is -0.665. The monoisotopic (exact) mass is 364 g/mol. The molecule has 0 fully saturated rings. The van der Waals surface area contributed by atoms with Crippen LogP contribution >= 0.6 is 11.3 Å². The minimum Gasteiger partial charge on any atom is -0.312 e. The highest BCUT2D eigenvalue weighted by Crippen LogP contribution is 2.37. The molecule has 128 valence electrons. The van der Waals surface area contributed by atoms with E-state index in [1.165, 1.54) is 6.07 Å². The van der Waals surface area contributed by atoms with Crippen molar-refractivity contribution in [3.63, 3.8) is 0 Å². The first-order valence-corrected chi connectivity index (χ1v) is 8.16. The van der Waals surface area contributed by atoms with E-state index in [9.17, 15) is 28.0 Å². The Bertz CT molecular complexity index is 910. The highest BCUT2D eigenvalue weighted by molar-refractivity contribution is 7.16. The first-order chi connectivity index (χ1) is 11.8. The first kappa shape index (κ1) is 17.2. The number of carbonyl (C=O) groups is 2. The maximum absolute atomic E-state index is 12.8. The number of nitriles is 1. The van der Waals surface area contributed by atoms with Gasteiger partial charge < -0.3 is 5.32 Å². The SMILES string of the molecule is N#Cc1c(NC(=O)c2cccc(C(F)(F)F)c2)sc2c1CCC(=O)C2. The Morgan fingerprint density at radius 1 is 1.28 bits per heavy atom.